The molecule has 2 rings (SSSR count). The first-order valence-electron chi connectivity index (χ1n) is 6.43. The summed E-state index contributed by atoms with van der Waals surface area (Å²) in [4.78, 5) is 17.0. The number of Topliss-reactive ketones (excluding diaryl/α,β-unsaturated/α-hetero) is 1. The maximum Gasteiger partial charge on any atom is 0.168 e. The lowest BCUT2D eigenvalue weighted by atomic mass is 10.1. The van der Waals surface area contributed by atoms with Gasteiger partial charge in [0.25, 0.3) is 0 Å². The van der Waals surface area contributed by atoms with Crippen molar-refractivity contribution in [1.82, 2.24) is 0 Å². The van der Waals surface area contributed by atoms with E-state index in [1.54, 1.807) is 42.5 Å². The van der Waals surface area contributed by atoms with E-state index in [9.17, 15) is 4.79 Å². The van der Waals surface area contributed by atoms with Crippen molar-refractivity contribution in [2.75, 3.05) is 0 Å². The highest BCUT2D eigenvalue weighted by molar-refractivity contribution is 6.42. The van der Waals surface area contributed by atoms with Gasteiger partial charge in [-0.3, -0.25) is 4.79 Å². The molecule has 6 heteroatoms. The van der Waals surface area contributed by atoms with E-state index in [1.165, 1.54) is 6.21 Å². The van der Waals surface area contributed by atoms with E-state index >= 15 is 0 Å². The van der Waals surface area contributed by atoms with Crippen molar-refractivity contribution in [3.05, 3.63) is 68.7 Å². The fourth-order valence-electron chi connectivity index (χ4n) is 1.67. The topological polar surface area (TPSA) is 38.7 Å². The highest BCUT2D eigenvalue weighted by Crippen LogP contribution is 2.22. The van der Waals surface area contributed by atoms with Crippen LogP contribution in [0.3, 0.4) is 0 Å². The highest BCUT2D eigenvalue weighted by Gasteiger charge is 2.03. The van der Waals surface area contributed by atoms with Gasteiger partial charge in [-0.15, -0.1) is 0 Å². The molecular formula is C16H12Cl3NO2. The molecule has 0 amide bonds. The van der Waals surface area contributed by atoms with Crippen LogP contribution >= 0.6 is 34.8 Å². The molecule has 0 fully saturated rings. The number of hydrogen-bond donors (Lipinski definition) is 0. The standard InChI is InChI=1S/C16H12Cl3NO2/c17-13-4-2-12(3-5-13)16(21)7-8-20-22-10-11-1-6-14(18)15(19)9-11/h1-6,8-9H,7,10H2/b20-8-. The summed E-state index contributed by atoms with van der Waals surface area (Å²) in [5, 5.41) is 5.30. The number of oxime groups is 1. The van der Waals surface area contributed by atoms with Gasteiger partial charge in [0.1, 0.15) is 6.61 Å². The van der Waals surface area contributed by atoms with Crippen molar-refractivity contribution in [2.24, 2.45) is 5.16 Å². The lowest BCUT2D eigenvalue weighted by Gasteiger charge is -2.02. The minimum absolute atomic E-state index is 0.0569. The van der Waals surface area contributed by atoms with Crippen molar-refractivity contribution in [2.45, 2.75) is 13.0 Å². The molecule has 0 aliphatic rings. The second kappa shape index (κ2) is 8.18. The lowest BCUT2D eigenvalue weighted by Crippen LogP contribution is -1.99. The number of halogens is 3. The quantitative estimate of drug-likeness (QED) is 0.393. The fourth-order valence-corrected chi connectivity index (χ4v) is 2.11. The Morgan fingerprint density at radius 1 is 1.05 bits per heavy atom. The van der Waals surface area contributed by atoms with Crippen LogP contribution in [0.2, 0.25) is 15.1 Å². The molecular weight excluding hydrogens is 345 g/mol. The van der Waals surface area contributed by atoms with E-state index in [2.05, 4.69) is 5.16 Å². The Balaban J connectivity index is 1.79. The Hall–Kier alpha value is -1.55. The number of rotatable bonds is 6. The second-order valence-corrected chi connectivity index (χ2v) is 5.69. The molecule has 0 bridgehead atoms. The number of carbonyl (C=O) groups is 1. The monoisotopic (exact) mass is 355 g/mol. The zero-order chi connectivity index (χ0) is 15.9. The molecule has 0 aromatic heterocycles. The normalized spacial score (nSPS) is 10.9. The van der Waals surface area contributed by atoms with Crippen molar-refractivity contribution >= 4 is 46.8 Å². The van der Waals surface area contributed by atoms with Gasteiger partial charge in [0.15, 0.2) is 5.78 Å². The van der Waals surface area contributed by atoms with Crippen LogP contribution in [0.15, 0.2) is 47.6 Å². The van der Waals surface area contributed by atoms with Gasteiger partial charge in [-0.25, -0.2) is 0 Å². The van der Waals surface area contributed by atoms with E-state index in [0.29, 0.717) is 20.6 Å². The summed E-state index contributed by atoms with van der Waals surface area (Å²) in [5.74, 6) is -0.0569. The molecule has 0 N–H and O–H groups in total. The average Bonchev–Trinajstić information content (AvgIpc) is 2.51. The zero-order valence-corrected chi connectivity index (χ0v) is 13.7. The van der Waals surface area contributed by atoms with Gasteiger partial charge in [-0.2, -0.15) is 0 Å². The molecule has 3 nitrogen and oxygen atoms in total. The molecule has 2 aromatic rings. The summed E-state index contributed by atoms with van der Waals surface area (Å²) >= 11 is 17.5. The van der Waals surface area contributed by atoms with Gasteiger partial charge in [-0.1, -0.05) is 46.0 Å². The maximum absolute atomic E-state index is 11.8. The fraction of sp³-hybridized carbons (Fsp3) is 0.125. The summed E-state index contributed by atoms with van der Waals surface area (Å²) in [6, 6.07) is 11.9. The molecule has 0 spiro atoms. The first-order chi connectivity index (χ1) is 10.6. The van der Waals surface area contributed by atoms with Crippen LogP contribution in [-0.2, 0) is 11.4 Å². The van der Waals surface area contributed by atoms with Crippen LogP contribution in [0.5, 0.6) is 0 Å². The Bertz CT molecular complexity index is 684. The molecule has 2 aromatic carbocycles. The van der Waals surface area contributed by atoms with Crippen molar-refractivity contribution in [3.8, 4) is 0 Å². The van der Waals surface area contributed by atoms with Gasteiger partial charge in [0, 0.05) is 17.0 Å². The van der Waals surface area contributed by atoms with E-state index in [4.69, 9.17) is 39.6 Å². The van der Waals surface area contributed by atoms with Crippen molar-refractivity contribution in [1.29, 1.82) is 0 Å². The minimum Gasteiger partial charge on any atom is -0.391 e. The predicted octanol–water partition coefficient (Wildman–Crippen LogP) is 5.42. The summed E-state index contributed by atoms with van der Waals surface area (Å²) in [6.45, 7) is 0.253. The zero-order valence-electron chi connectivity index (χ0n) is 11.4. The Morgan fingerprint density at radius 2 is 1.77 bits per heavy atom. The van der Waals surface area contributed by atoms with Gasteiger partial charge in [0.05, 0.1) is 16.3 Å². The van der Waals surface area contributed by atoms with E-state index < -0.39 is 0 Å². The Morgan fingerprint density at radius 3 is 2.45 bits per heavy atom. The second-order valence-electron chi connectivity index (χ2n) is 4.44. The summed E-state index contributed by atoms with van der Waals surface area (Å²) < 4.78 is 0. The van der Waals surface area contributed by atoms with E-state index in [-0.39, 0.29) is 18.8 Å². The number of nitrogens with zero attached hydrogens (tertiary/aromatic N) is 1. The number of benzene rings is 2. The van der Waals surface area contributed by atoms with Crippen LogP contribution in [0, 0.1) is 0 Å². The van der Waals surface area contributed by atoms with Gasteiger partial charge in [0.2, 0.25) is 0 Å². The minimum atomic E-state index is -0.0569. The van der Waals surface area contributed by atoms with Crippen LogP contribution in [0.25, 0.3) is 0 Å². The first kappa shape index (κ1) is 16.8. The summed E-state index contributed by atoms with van der Waals surface area (Å²) in [6.07, 6.45) is 1.58. The Kier molecular flexibility index (Phi) is 6.25. The van der Waals surface area contributed by atoms with E-state index in [0.717, 1.165) is 5.56 Å². The maximum atomic E-state index is 11.8. The molecule has 0 radical (unpaired) electrons. The summed E-state index contributed by atoms with van der Waals surface area (Å²) in [5.41, 5.74) is 1.43. The third-order valence-corrected chi connectivity index (χ3v) is 3.80. The molecule has 0 saturated carbocycles. The first-order valence-corrected chi connectivity index (χ1v) is 7.56. The molecule has 0 saturated heterocycles. The van der Waals surface area contributed by atoms with Gasteiger partial charge in [-0.05, 0) is 42.0 Å². The van der Waals surface area contributed by atoms with Crippen molar-refractivity contribution < 1.29 is 9.63 Å². The molecule has 22 heavy (non-hydrogen) atoms. The van der Waals surface area contributed by atoms with Crippen LogP contribution in [0.4, 0.5) is 0 Å². The van der Waals surface area contributed by atoms with Crippen LogP contribution in [0.1, 0.15) is 22.3 Å². The van der Waals surface area contributed by atoms with Crippen molar-refractivity contribution in [3.63, 3.8) is 0 Å². The molecule has 0 unspecified atom stereocenters. The predicted molar refractivity (Wildman–Crippen MR) is 90.1 cm³/mol. The SMILES string of the molecule is O=C(C/C=N\OCc1ccc(Cl)c(Cl)c1)c1ccc(Cl)cc1. The number of ketones is 1. The van der Waals surface area contributed by atoms with Gasteiger partial charge < -0.3 is 4.84 Å². The molecule has 0 atom stereocenters. The number of hydrogen-bond acceptors (Lipinski definition) is 3. The molecule has 114 valence electrons. The van der Waals surface area contributed by atoms with Crippen LogP contribution < -0.4 is 0 Å². The third-order valence-electron chi connectivity index (χ3n) is 2.81. The lowest BCUT2D eigenvalue weighted by molar-refractivity contribution is 0.0996. The van der Waals surface area contributed by atoms with Crippen LogP contribution in [-0.4, -0.2) is 12.0 Å². The third kappa shape index (κ3) is 5.02. The largest absolute Gasteiger partial charge is 0.391 e. The average molecular weight is 357 g/mol. The number of carbonyl (C=O) groups excluding carboxylic acids is 1. The van der Waals surface area contributed by atoms with Gasteiger partial charge >= 0.3 is 0 Å². The molecule has 0 aliphatic heterocycles. The highest BCUT2D eigenvalue weighted by atomic mass is 35.5. The van der Waals surface area contributed by atoms with E-state index in [1.807, 2.05) is 0 Å². The molecule has 0 heterocycles. The molecule has 0 aliphatic carbocycles. The Labute approximate surface area is 143 Å². The smallest absolute Gasteiger partial charge is 0.168 e. The summed E-state index contributed by atoms with van der Waals surface area (Å²) in [7, 11) is 0.